The molecule has 0 saturated heterocycles. The van der Waals surface area contributed by atoms with E-state index in [1.54, 1.807) is 6.20 Å². The Kier molecular flexibility index (Phi) is 6.44. The zero-order valence-corrected chi connectivity index (χ0v) is 16.0. The van der Waals surface area contributed by atoms with Crippen LogP contribution in [0.5, 0.6) is 11.5 Å². The Morgan fingerprint density at radius 2 is 1.89 bits per heavy atom. The number of pyridine rings is 1. The second-order valence-electron chi connectivity index (χ2n) is 6.90. The summed E-state index contributed by atoms with van der Waals surface area (Å²) in [4.78, 5) is 17.9. The molecule has 1 aliphatic carbocycles. The van der Waals surface area contributed by atoms with Gasteiger partial charge in [0.15, 0.2) is 11.5 Å². The van der Waals surface area contributed by atoms with Crippen LogP contribution in [0.2, 0.25) is 0 Å². The lowest BCUT2D eigenvalue weighted by Crippen LogP contribution is -2.29. The summed E-state index contributed by atoms with van der Waals surface area (Å²) in [5, 5.41) is 0. The van der Waals surface area contributed by atoms with Crippen LogP contribution >= 0.6 is 0 Å². The fourth-order valence-electron chi connectivity index (χ4n) is 3.39. The van der Waals surface area contributed by atoms with Gasteiger partial charge >= 0.3 is 6.61 Å². The first-order valence-electron chi connectivity index (χ1n) is 9.38. The number of carbonyl (C=O) groups is 1. The fraction of sp³-hybridized carbons (Fsp3) is 0.429. The maximum atomic E-state index is 13.1. The molecule has 0 bridgehead atoms. The molecule has 1 aliphatic rings. The van der Waals surface area contributed by atoms with E-state index in [1.807, 2.05) is 19.1 Å². The van der Waals surface area contributed by atoms with Crippen molar-refractivity contribution < 1.29 is 23.0 Å². The van der Waals surface area contributed by atoms with Crippen molar-refractivity contribution in [3.05, 3.63) is 53.1 Å². The highest BCUT2D eigenvalue weighted by Crippen LogP contribution is 2.29. The van der Waals surface area contributed by atoms with Gasteiger partial charge in [0.1, 0.15) is 5.49 Å². The molecule has 1 fully saturated rings. The number of aromatic nitrogens is 1. The molecular weight excluding hydrogens is 366 g/mol. The lowest BCUT2D eigenvalue weighted by Gasteiger charge is -2.18. The third kappa shape index (κ3) is 4.77. The molecule has 3 rings (SSSR count). The van der Waals surface area contributed by atoms with Crippen LogP contribution in [0.4, 0.5) is 8.78 Å². The van der Waals surface area contributed by atoms with Crippen LogP contribution in [0.25, 0.3) is 0 Å². The number of hydrogen-bond acceptors (Lipinski definition) is 4. The van der Waals surface area contributed by atoms with E-state index in [-0.39, 0.29) is 23.4 Å². The van der Waals surface area contributed by atoms with Crippen molar-refractivity contribution in [2.45, 2.75) is 51.7 Å². The highest BCUT2D eigenvalue weighted by Gasteiger charge is 2.17. The molecular formula is C21H24F2N2O3. The van der Waals surface area contributed by atoms with Gasteiger partial charge in [-0.3, -0.25) is 14.4 Å². The second-order valence-corrected chi connectivity index (χ2v) is 6.90. The lowest BCUT2D eigenvalue weighted by atomic mass is 9.96. The summed E-state index contributed by atoms with van der Waals surface area (Å²) >= 11 is 0. The standard InChI is InChI=1S/C21H24F2N2O3/c1-14-10-11-25(19(12-14)24-16-6-4-3-5-7-16)20(26)15-8-9-17(28-21(22)23)18(13-15)27-2/h8-13,16,21H,3-7H2,1-2H3. The van der Waals surface area contributed by atoms with E-state index in [9.17, 15) is 13.6 Å². The van der Waals surface area contributed by atoms with Crippen molar-refractivity contribution in [2.24, 2.45) is 4.99 Å². The number of rotatable bonds is 5. The Hall–Kier alpha value is -2.70. The van der Waals surface area contributed by atoms with E-state index in [1.165, 1.54) is 36.3 Å². The normalized spacial score (nSPS) is 15.7. The van der Waals surface area contributed by atoms with Gasteiger partial charge in [0.2, 0.25) is 0 Å². The first kappa shape index (κ1) is 20.0. The smallest absolute Gasteiger partial charge is 0.387 e. The van der Waals surface area contributed by atoms with Crippen molar-refractivity contribution in [3.63, 3.8) is 0 Å². The van der Waals surface area contributed by atoms with E-state index in [2.05, 4.69) is 4.74 Å². The SMILES string of the molecule is COc1cc(C(=O)n2ccc(C)cc2=NC2CCCCC2)ccc1OC(F)F. The Bertz CT molecular complexity index is 903. The maximum absolute atomic E-state index is 13.1. The number of hydrogen-bond donors (Lipinski definition) is 0. The summed E-state index contributed by atoms with van der Waals surface area (Å²) in [6, 6.07) is 8.09. The average molecular weight is 390 g/mol. The molecule has 0 spiro atoms. The second kappa shape index (κ2) is 8.99. The molecule has 1 aromatic carbocycles. The molecule has 150 valence electrons. The van der Waals surface area contributed by atoms with E-state index in [0.717, 1.165) is 31.2 Å². The van der Waals surface area contributed by atoms with Gasteiger partial charge in [0.25, 0.3) is 5.91 Å². The van der Waals surface area contributed by atoms with E-state index in [0.29, 0.717) is 11.1 Å². The van der Waals surface area contributed by atoms with E-state index >= 15 is 0 Å². The van der Waals surface area contributed by atoms with Crippen LogP contribution in [-0.4, -0.2) is 30.2 Å². The number of halogens is 2. The van der Waals surface area contributed by atoms with Gasteiger partial charge < -0.3 is 9.47 Å². The van der Waals surface area contributed by atoms with Crippen molar-refractivity contribution in [3.8, 4) is 11.5 Å². The van der Waals surface area contributed by atoms with Crippen LogP contribution in [0, 0.1) is 6.92 Å². The van der Waals surface area contributed by atoms with E-state index < -0.39 is 6.61 Å². The number of benzene rings is 1. The predicted molar refractivity (Wildman–Crippen MR) is 101 cm³/mol. The Morgan fingerprint density at radius 1 is 1.14 bits per heavy atom. The first-order valence-corrected chi connectivity index (χ1v) is 9.38. The van der Waals surface area contributed by atoms with Gasteiger partial charge in [-0.05, 0) is 55.7 Å². The maximum Gasteiger partial charge on any atom is 0.387 e. The minimum absolute atomic E-state index is 0.0737. The van der Waals surface area contributed by atoms with Gasteiger partial charge in [0, 0.05) is 11.8 Å². The number of alkyl halides is 2. The van der Waals surface area contributed by atoms with Crippen LogP contribution in [-0.2, 0) is 0 Å². The number of nitrogens with zero attached hydrogens (tertiary/aromatic N) is 2. The number of ether oxygens (including phenoxy) is 2. The van der Waals surface area contributed by atoms with Crippen molar-refractivity contribution in [1.29, 1.82) is 0 Å². The molecule has 7 heteroatoms. The highest BCUT2D eigenvalue weighted by atomic mass is 19.3. The molecule has 0 N–H and O–H groups in total. The number of aryl methyl sites for hydroxylation is 1. The predicted octanol–water partition coefficient (Wildman–Crippen LogP) is 4.33. The summed E-state index contributed by atoms with van der Waals surface area (Å²) in [7, 11) is 1.34. The lowest BCUT2D eigenvalue weighted by molar-refractivity contribution is -0.0512. The van der Waals surface area contributed by atoms with Gasteiger partial charge in [-0.25, -0.2) is 0 Å². The number of carbonyl (C=O) groups excluding carboxylic acids is 1. The summed E-state index contributed by atoms with van der Waals surface area (Å²) in [6.07, 6.45) is 7.26. The summed E-state index contributed by atoms with van der Waals surface area (Å²) < 4.78 is 36.0. The highest BCUT2D eigenvalue weighted by molar-refractivity contribution is 5.96. The summed E-state index contributed by atoms with van der Waals surface area (Å²) in [5.41, 5.74) is 1.91. The molecule has 1 saturated carbocycles. The molecule has 5 nitrogen and oxygen atoms in total. The molecule has 1 aromatic heterocycles. The fourth-order valence-corrected chi connectivity index (χ4v) is 3.39. The van der Waals surface area contributed by atoms with Crippen molar-refractivity contribution >= 4 is 5.91 Å². The largest absolute Gasteiger partial charge is 0.493 e. The van der Waals surface area contributed by atoms with E-state index in [4.69, 9.17) is 9.73 Å². The molecule has 1 heterocycles. The van der Waals surface area contributed by atoms with Crippen molar-refractivity contribution in [2.75, 3.05) is 7.11 Å². The molecule has 0 aliphatic heterocycles. The zero-order chi connectivity index (χ0) is 20.1. The molecule has 2 aromatic rings. The zero-order valence-electron chi connectivity index (χ0n) is 16.0. The van der Waals surface area contributed by atoms with Crippen molar-refractivity contribution in [1.82, 2.24) is 4.57 Å². The van der Waals surface area contributed by atoms with Gasteiger partial charge in [0.05, 0.1) is 13.2 Å². The quantitative estimate of drug-likeness (QED) is 0.764. The van der Waals surface area contributed by atoms with Crippen LogP contribution in [0.15, 0.2) is 41.5 Å². The Morgan fingerprint density at radius 3 is 2.57 bits per heavy atom. The Balaban J connectivity index is 1.97. The molecule has 0 amide bonds. The monoisotopic (exact) mass is 390 g/mol. The third-order valence-corrected chi connectivity index (χ3v) is 4.83. The minimum Gasteiger partial charge on any atom is -0.493 e. The molecule has 0 unspecified atom stereocenters. The van der Waals surface area contributed by atoms with Crippen LogP contribution in [0.1, 0.15) is 48.0 Å². The number of methoxy groups -OCH3 is 1. The van der Waals surface area contributed by atoms with Gasteiger partial charge in [-0.2, -0.15) is 8.78 Å². The first-order chi connectivity index (χ1) is 13.5. The molecule has 28 heavy (non-hydrogen) atoms. The average Bonchev–Trinajstić information content (AvgIpc) is 2.68. The van der Waals surface area contributed by atoms with Crippen LogP contribution in [0.3, 0.4) is 0 Å². The Labute approximate surface area is 162 Å². The van der Waals surface area contributed by atoms with Gasteiger partial charge in [-0.15, -0.1) is 0 Å². The topological polar surface area (TPSA) is 52.8 Å². The van der Waals surface area contributed by atoms with Gasteiger partial charge in [-0.1, -0.05) is 19.3 Å². The molecule has 0 radical (unpaired) electrons. The third-order valence-electron chi connectivity index (χ3n) is 4.83. The summed E-state index contributed by atoms with van der Waals surface area (Å²) in [6.45, 7) is -1.02. The van der Waals surface area contributed by atoms with Crippen LogP contribution < -0.4 is 15.0 Å². The minimum atomic E-state index is -2.97. The summed E-state index contributed by atoms with van der Waals surface area (Å²) in [5.74, 6) is -0.351. The molecule has 0 atom stereocenters.